The maximum Gasteiger partial charge on any atom is 0.253 e. The van der Waals surface area contributed by atoms with Crippen LogP contribution in [0.5, 0.6) is 0 Å². The van der Waals surface area contributed by atoms with Gasteiger partial charge in [-0.25, -0.2) is 9.40 Å². The summed E-state index contributed by atoms with van der Waals surface area (Å²) in [5, 5.41) is 9.52. The van der Waals surface area contributed by atoms with Crippen molar-refractivity contribution in [2.45, 2.75) is 37.8 Å². The molecule has 196 valence electrons. The molecule has 0 saturated carbocycles. The number of rotatable bonds is 7. The van der Waals surface area contributed by atoms with Crippen LogP contribution in [0.25, 0.3) is 10.9 Å². The highest BCUT2D eigenvalue weighted by atomic mass is 32.2. The SMILES string of the molecule is Cc1ccc(C)c(Cn2cc(SCC(=O)N3N=C(c4cccs4)CC3c3ccc(F)cc3)c3ccccc32)c1. The Morgan fingerprint density at radius 2 is 1.87 bits per heavy atom. The molecule has 3 aromatic carbocycles. The van der Waals surface area contributed by atoms with Gasteiger partial charge >= 0.3 is 0 Å². The van der Waals surface area contributed by atoms with Crippen molar-refractivity contribution in [3.05, 3.63) is 123 Å². The summed E-state index contributed by atoms with van der Waals surface area (Å²) < 4.78 is 15.9. The van der Waals surface area contributed by atoms with Crippen molar-refractivity contribution < 1.29 is 9.18 Å². The third kappa shape index (κ3) is 5.29. The molecule has 4 nitrogen and oxygen atoms in total. The maximum absolute atomic E-state index is 13.6. The number of thioether (sulfide) groups is 1. The first-order valence-corrected chi connectivity index (χ1v) is 14.8. The number of fused-ring (bicyclic) bond motifs is 1. The predicted molar refractivity (Wildman–Crippen MR) is 159 cm³/mol. The van der Waals surface area contributed by atoms with E-state index in [0.29, 0.717) is 6.42 Å². The average molecular weight is 554 g/mol. The highest BCUT2D eigenvalue weighted by molar-refractivity contribution is 8.00. The summed E-state index contributed by atoms with van der Waals surface area (Å²) in [4.78, 5) is 15.7. The molecule has 2 aromatic heterocycles. The van der Waals surface area contributed by atoms with Crippen molar-refractivity contribution in [3.8, 4) is 0 Å². The van der Waals surface area contributed by atoms with Crippen LogP contribution in [0, 0.1) is 19.7 Å². The fourth-order valence-corrected chi connectivity index (χ4v) is 6.76. The number of aromatic nitrogens is 1. The first-order valence-electron chi connectivity index (χ1n) is 12.9. The third-order valence-corrected chi connectivity index (χ3v) is 9.12. The monoisotopic (exact) mass is 553 g/mol. The molecule has 0 bridgehead atoms. The van der Waals surface area contributed by atoms with Crippen molar-refractivity contribution in [1.29, 1.82) is 0 Å². The summed E-state index contributed by atoms with van der Waals surface area (Å²) in [7, 11) is 0. The van der Waals surface area contributed by atoms with Crippen LogP contribution in [-0.4, -0.2) is 26.9 Å². The minimum Gasteiger partial charge on any atom is -0.342 e. The van der Waals surface area contributed by atoms with E-state index in [1.807, 2.05) is 23.6 Å². The summed E-state index contributed by atoms with van der Waals surface area (Å²) in [6.07, 6.45) is 2.77. The van der Waals surface area contributed by atoms with Gasteiger partial charge in [-0.2, -0.15) is 5.10 Å². The summed E-state index contributed by atoms with van der Waals surface area (Å²) >= 11 is 3.16. The Hall–Kier alpha value is -3.68. The van der Waals surface area contributed by atoms with Crippen LogP contribution < -0.4 is 0 Å². The van der Waals surface area contributed by atoms with Gasteiger partial charge < -0.3 is 4.57 Å². The van der Waals surface area contributed by atoms with Crippen LogP contribution in [0.15, 0.2) is 100 Å². The predicted octanol–water partition coefficient (Wildman–Crippen LogP) is 7.98. The fraction of sp³-hybridized carbons (Fsp3) is 0.188. The number of hydrogen-bond acceptors (Lipinski definition) is 4. The van der Waals surface area contributed by atoms with Gasteiger partial charge in [0.2, 0.25) is 0 Å². The number of hydrogen-bond donors (Lipinski definition) is 0. The zero-order valence-electron chi connectivity index (χ0n) is 21.8. The van der Waals surface area contributed by atoms with Crippen molar-refractivity contribution in [1.82, 2.24) is 9.58 Å². The van der Waals surface area contributed by atoms with Gasteiger partial charge in [0.05, 0.1) is 22.4 Å². The Morgan fingerprint density at radius 1 is 1.05 bits per heavy atom. The standard InChI is InChI=1S/C32H28FN3OS2/c1-21-9-10-22(2)24(16-21)18-35-19-31(26-6-3-4-7-28(26)35)39-20-32(37)36-29(23-11-13-25(33)14-12-23)17-27(34-36)30-8-5-15-38-30/h3-16,19,29H,17-18,20H2,1-2H3. The van der Waals surface area contributed by atoms with Gasteiger partial charge in [0.25, 0.3) is 5.91 Å². The fourth-order valence-electron chi connectivity index (χ4n) is 5.10. The number of nitrogens with zero attached hydrogens (tertiary/aromatic N) is 3. The number of hydrazone groups is 1. The van der Waals surface area contributed by atoms with E-state index in [-0.39, 0.29) is 23.5 Å². The molecule has 1 atom stereocenters. The van der Waals surface area contributed by atoms with Crippen LogP contribution in [0.3, 0.4) is 0 Å². The first-order chi connectivity index (χ1) is 19.0. The van der Waals surface area contributed by atoms with E-state index in [0.717, 1.165) is 38.5 Å². The Labute approximate surface area is 235 Å². The average Bonchev–Trinajstić information content (AvgIpc) is 3.69. The molecule has 1 aliphatic heterocycles. The number of aryl methyl sites for hydroxylation is 2. The molecule has 1 unspecified atom stereocenters. The van der Waals surface area contributed by atoms with Crippen LogP contribution in [0.2, 0.25) is 0 Å². The Balaban J connectivity index is 1.26. The number of thiophene rings is 1. The number of para-hydroxylation sites is 1. The molecular formula is C32H28FN3OS2. The summed E-state index contributed by atoms with van der Waals surface area (Å²) in [5.74, 6) is -0.0924. The molecule has 5 aromatic rings. The van der Waals surface area contributed by atoms with Gasteiger partial charge in [0.15, 0.2) is 0 Å². The lowest BCUT2D eigenvalue weighted by atomic mass is 10.0. The van der Waals surface area contributed by atoms with Crippen molar-refractivity contribution in [2.24, 2.45) is 5.10 Å². The molecule has 1 aliphatic rings. The second kappa shape index (κ2) is 10.8. The molecule has 3 heterocycles. The molecule has 39 heavy (non-hydrogen) atoms. The topological polar surface area (TPSA) is 37.6 Å². The van der Waals surface area contributed by atoms with E-state index in [2.05, 4.69) is 61.0 Å². The number of carbonyl (C=O) groups excluding carboxylic acids is 1. The second-order valence-corrected chi connectivity index (χ2v) is 11.9. The zero-order chi connectivity index (χ0) is 26.9. The van der Waals surface area contributed by atoms with Crippen molar-refractivity contribution in [3.63, 3.8) is 0 Å². The van der Waals surface area contributed by atoms with Crippen LogP contribution in [-0.2, 0) is 11.3 Å². The molecule has 0 fully saturated rings. The molecule has 0 saturated heterocycles. The number of halogens is 1. The largest absolute Gasteiger partial charge is 0.342 e. The summed E-state index contributed by atoms with van der Waals surface area (Å²) in [5.41, 5.74) is 6.73. The highest BCUT2D eigenvalue weighted by Crippen LogP contribution is 2.36. The van der Waals surface area contributed by atoms with Crippen LogP contribution >= 0.6 is 23.1 Å². The molecule has 0 N–H and O–H groups in total. The van der Waals surface area contributed by atoms with Gasteiger partial charge in [-0.1, -0.05) is 60.2 Å². The lowest BCUT2D eigenvalue weighted by Gasteiger charge is -2.22. The van der Waals surface area contributed by atoms with E-state index in [1.54, 1.807) is 40.2 Å². The number of amides is 1. The van der Waals surface area contributed by atoms with Gasteiger partial charge in [-0.15, -0.1) is 23.1 Å². The van der Waals surface area contributed by atoms with E-state index < -0.39 is 0 Å². The Bertz CT molecular complexity index is 1670. The normalized spacial score (nSPS) is 15.2. The van der Waals surface area contributed by atoms with Gasteiger partial charge in [0, 0.05) is 35.0 Å². The second-order valence-electron chi connectivity index (χ2n) is 9.89. The minimum atomic E-state index is -0.290. The smallest absolute Gasteiger partial charge is 0.253 e. The molecular weight excluding hydrogens is 526 g/mol. The maximum atomic E-state index is 13.6. The Morgan fingerprint density at radius 3 is 2.67 bits per heavy atom. The third-order valence-electron chi connectivity index (χ3n) is 7.17. The van der Waals surface area contributed by atoms with E-state index >= 15 is 0 Å². The first kappa shape index (κ1) is 25.6. The molecule has 7 heteroatoms. The van der Waals surface area contributed by atoms with Crippen LogP contribution in [0.1, 0.15) is 39.6 Å². The van der Waals surface area contributed by atoms with Crippen molar-refractivity contribution >= 4 is 45.6 Å². The Kier molecular flexibility index (Phi) is 7.11. The zero-order valence-corrected chi connectivity index (χ0v) is 23.4. The number of benzene rings is 3. The van der Waals surface area contributed by atoms with Gasteiger partial charge in [-0.3, -0.25) is 4.79 Å². The minimum absolute atomic E-state index is 0.0627. The quantitative estimate of drug-likeness (QED) is 0.192. The highest BCUT2D eigenvalue weighted by Gasteiger charge is 2.33. The summed E-state index contributed by atoms with van der Waals surface area (Å²) in [6, 6.07) is 25.1. The van der Waals surface area contributed by atoms with E-state index in [4.69, 9.17) is 5.10 Å². The molecule has 1 amide bonds. The van der Waals surface area contributed by atoms with Crippen molar-refractivity contribution in [2.75, 3.05) is 5.75 Å². The molecule has 0 aliphatic carbocycles. The van der Waals surface area contributed by atoms with E-state index in [9.17, 15) is 9.18 Å². The van der Waals surface area contributed by atoms with Gasteiger partial charge in [0.1, 0.15) is 5.82 Å². The summed E-state index contributed by atoms with van der Waals surface area (Å²) in [6.45, 7) is 5.04. The lowest BCUT2D eigenvalue weighted by Crippen LogP contribution is -2.28. The molecule has 0 spiro atoms. The molecule has 0 radical (unpaired) electrons. The van der Waals surface area contributed by atoms with E-state index in [1.165, 1.54) is 28.8 Å². The number of carbonyl (C=O) groups is 1. The lowest BCUT2D eigenvalue weighted by molar-refractivity contribution is -0.130. The van der Waals surface area contributed by atoms with Gasteiger partial charge in [-0.05, 0) is 60.2 Å². The molecule has 6 rings (SSSR count). The van der Waals surface area contributed by atoms with Crippen LogP contribution in [0.4, 0.5) is 4.39 Å².